The number of halogens is 2. The van der Waals surface area contributed by atoms with E-state index in [0.29, 0.717) is 65.0 Å². The molecule has 3 saturated carbocycles. The summed E-state index contributed by atoms with van der Waals surface area (Å²) in [4.78, 5) is 30.4. The van der Waals surface area contributed by atoms with Crippen LogP contribution in [0.5, 0.6) is 0 Å². The molecule has 1 heterocycles. The molecule has 33 heavy (non-hydrogen) atoms. The molecule has 0 saturated heterocycles. The zero-order valence-electron chi connectivity index (χ0n) is 18.3. The lowest BCUT2D eigenvalue weighted by Crippen LogP contribution is -2.58. The number of nitrogens with zero attached hydrogens (tertiary/aromatic N) is 1. The van der Waals surface area contributed by atoms with Crippen molar-refractivity contribution in [3.8, 4) is 11.3 Å². The van der Waals surface area contributed by atoms with Crippen molar-refractivity contribution in [2.75, 3.05) is 0 Å². The molecule has 2 bridgehead atoms. The van der Waals surface area contributed by atoms with Gasteiger partial charge in [-0.05, 0) is 63.1 Å². The number of pyridine rings is 1. The van der Waals surface area contributed by atoms with E-state index in [1.54, 1.807) is 12.1 Å². The average molecular weight is 483 g/mol. The first-order valence-electron chi connectivity index (χ1n) is 11.1. The fourth-order valence-electron chi connectivity index (χ4n) is 5.52. The van der Waals surface area contributed by atoms with Gasteiger partial charge in [-0.2, -0.15) is 0 Å². The van der Waals surface area contributed by atoms with Gasteiger partial charge in [0.1, 0.15) is 0 Å². The Morgan fingerprint density at radius 1 is 0.970 bits per heavy atom. The van der Waals surface area contributed by atoms with Crippen LogP contribution in [0.2, 0.25) is 10.0 Å². The van der Waals surface area contributed by atoms with E-state index in [2.05, 4.69) is 5.32 Å². The van der Waals surface area contributed by atoms with Gasteiger partial charge in [0, 0.05) is 16.5 Å². The number of carbonyl (C=O) groups excluding carboxylic acids is 1. The highest BCUT2D eigenvalue weighted by molar-refractivity contribution is 6.43. The minimum atomic E-state index is -0.711. The fourth-order valence-corrected chi connectivity index (χ4v) is 5.84. The molecule has 0 spiro atoms. The van der Waals surface area contributed by atoms with E-state index in [4.69, 9.17) is 28.2 Å². The van der Waals surface area contributed by atoms with Gasteiger partial charge in [-0.3, -0.25) is 9.59 Å². The van der Waals surface area contributed by atoms with E-state index < -0.39 is 11.4 Å². The number of carboxylic acid groups (broad SMARTS) is 1. The van der Waals surface area contributed by atoms with Crippen LogP contribution in [0, 0.1) is 12.3 Å². The van der Waals surface area contributed by atoms with Gasteiger partial charge in [-0.1, -0.05) is 53.5 Å². The normalized spacial score (nSPS) is 24.1. The first kappa shape index (κ1) is 22.2. The molecule has 0 aliphatic heterocycles. The lowest BCUT2D eigenvalue weighted by atomic mass is 9.57. The Balaban J connectivity index is 1.58. The number of fused-ring (bicyclic) bond motifs is 4. The molecule has 7 heteroatoms. The Bertz CT molecular complexity index is 1270. The monoisotopic (exact) mass is 482 g/mol. The van der Waals surface area contributed by atoms with Crippen molar-refractivity contribution in [3.05, 3.63) is 63.6 Å². The summed E-state index contributed by atoms with van der Waals surface area (Å²) in [5, 5.41) is 14.4. The van der Waals surface area contributed by atoms with Crippen molar-refractivity contribution in [2.45, 2.75) is 51.0 Å². The van der Waals surface area contributed by atoms with Gasteiger partial charge in [0.2, 0.25) is 0 Å². The predicted octanol–water partition coefficient (Wildman–Crippen LogP) is 6.42. The van der Waals surface area contributed by atoms with Crippen LogP contribution in [0.1, 0.15) is 54.4 Å². The SMILES string of the molecule is Cc1c(-c2ccccc2)nc2cc(Cl)c(Cl)cc2c1C(=O)NC12CCC(C(=O)O)(CC1)CC2. The Morgan fingerprint density at radius 3 is 2.18 bits per heavy atom. The molecule has 3 fully saturated rings. The summed E-state index contributed by atoms with van der Waals surface area (Å²) in [6.45, 7) is 1.90. The molecule has 0 unspecified atom stereocenters. The van der Waals surface area contributed by atoms with E-state index in [0.717, 1.165) is 16.8 Å². The zero-order valence-corrected chi connectivity index (χ0v) is 19.8. The van der Waals surface area contributed by atoms with Gasteiger partial charge in [0.25, 0.3) is 5.91 Å². The lowest BCUT2D eigenvalue weighted by Gasteiger charge is -2.51. The second kappa shape index (κ2) is 8.00. The molecule has 1 aromatic heterocycles. The van der Waals surface area contributed by atoms with Gasteiger partial charge < -0.3 is 10.4 Å². The first-order chi connectivity index (χ1) is 15.7. The van der Waals surface area contributed by atoms with E-state index in [-0.39, 0.29) is 11.4 Å². The second-order valence-corrected chi connectivity index (χ2v) is 10.2. The van der Waals surface area contributed by atoms with E-state index in [1.807, 2.05) is 37.3 Å². The molecular formula is C26H24Cl2N2O3. The molecule has 1 amide bonds. The molecular weight excluding hydrogens is 459 g/mol. The summed E-state index contributed by atoms with van der Waals surface area (Å²) in [6.07, 6.45) is 3.79. The fraction of sp³-hybridized carbons (Fsp3) is 0.346. The minimum absolute atomic E-state index is 0.180. The third-order valence-electron chi connectivity index (χ3n) is 7.62. The predicted molar refractivity (Wildman–Crippen MR) is 130 cm³/mol. The maximum atomic E-state index is 13.8. The van der Waals surface area contributed by atoms with Crippen LogP contribution in [0.3, 0.4) is 0 Å². The average Bonchev–Trinajstić information content (AvgIpc) is 2.81. The number of aliphatic carboxylic acids is 1. The summed E-state index contributed by atoms with van der Waals surface area (Å²) >= 11 is 12.6. The number of aromatic nitrogens is 1. The van der Waals surface area contributed by atoms with Crippen LogP contribution in [-0.4, -0.2) is 27.5 Å². The summed E-state index contributed by atoms with van der Waals surface area (Å²) in [5.41, 5.74) is 2.54. The van der Waals surface area contributed by atoms with Gasteiger partial charge in [-0.25, -0.2) is 4.98 Å². The molecule has 5 nitrogen and oxygen atoms in total. The van der Waals surface area contributed by atoms with E-state index in [1.165, 1.54) is 0 Å². The van der Waals surface area contributed by atoms with Crippen LogP contribution < -0.4 is 5.32 Å². The number of carboxylic acids is 1. The Kier molecular flexibility index (Phi) is 5.37. The molecule has 2 N–H and O–H groups in total. The van der Waals surface area contributed by atoms with Crippen molar-refractivity contribution in [3.63, 3.8) is 0 Å². The number of nitrogens with one attached hydrogen (secondary N) is 1. The zero-order chi connectivity index (χ0) is 23.4. The topological polar surface area (TPSA) is 79.3 Å². The van der Waals surface area contributed by atoms with Crippen molar-refractivity contribution in [1.82, 2.24) is 10.3 Å². The molecule has 3 aliphatic rings. The maximum Gasteiger partial charge on any atom is 0.309 e. The highest BCUT2D eigenvalue weighted by Gasteiger charge is 2.53. The maximum absolute atomic E-state index is 13.8. The number of amides is 1. The number of hydrogen-bond acceptors (Lipinski definition) is 3. The number of rotatable bonds is 4. The first-order valence-corrected chi connectivity index (χ1v) is 11.9. The van der Waals surface area contributed by atoms with Crippen molar-refractivity contribution in [2.24, 2.45) is 5.41 Å². The van der Waals surface area contributed by atoms with Crippen molar-refractivity contribution in [1.29, 1.82) is 0 Å². The minimum Gasteiger partial charge on any atom is -0.481 e. The van der Waals surface area contributed by atoms with Crippen LogP contribution >= 0.6 is 23.2 Å². The molecule has 2 aromatic carbocycles. The van der Waals surface area contributed by atoms with Crippen molar-refractivity contribution < 1.29 is 14.7 Å². The quantitative estimate of drug-likeness (QED) is 0.449. The largest absolute Gasteiger partial charge is 0.481 e. The number of benzene rings is 2. The van der Waals surface area contributed by atoms with E-state index in [9.17, 15) is 14.7 Å². The summed E-state index contributed by atoms with van der Waals surface area (Å²) < 4.78 is 0. The van der Waals surface area contributed by atoms with Crippen molar-refractivity contribution >= 4 is 46.0 Å². The second-order valence-electron chi connectivity index (χ2n) is 9.43. The Morgan fingerprint density at radius 2 is 1.58 bits per heavy atom. The highest BCUT2D eigenvalue weighted by atomic mass is 35.5. The van der Waals surface area contributed by atoms with Gasteiger partial charge in [-0.15, -0.1) is 0 Å². The van der Waals surface area contributed by atoms with Crippen LogP contribution in [0.25, 0.3) is 22.2 Å². The third kappa shape index (κ3) is 3.68. The van der Waals surface area contributed by atoms with Crippen LogP contribution in [-0.2, 0) is 4.79 Å². The molecule has 3 aliphatic carbocycles. The lowest BCUT2D eigenvalue weighted by molar-refractivity contribution is -0.156. The van der Waals surface area contributed by atoms with Gasteiger partial charge in [0.15, 0.2) is 0 Å². The van der Waals surface area contributed by atoms with Gasteiger partial charge in [0.05, 0.1) is 32.2 Å². The smallest absolute Gasteiger partial charge is 0.309 e. The number of hydrogen-bond donors (Lipinski definition) is 2. The van der Waals surface area contributed by atoms with E-state index >= 15 is 0 Å². The summed E-state index contributed by atoms with van der Waals surface area (Å²) in [6, 6.07) is 13.1. The standard InChI is InChI=1S/C26H24Cl2N2O3/c1-15-21(23(31)30-26-10-7-25(8-11-26,9-12-26)24(32)33)17-13-18(27)19(28)14-20(17)29-22(15)16-5-3-2-4-6-16/h2-6,13-14H,7-12H2,1H3,(H,30,31)(H,32,33). The summed E-state index contributed by atoms with van der Waals surface area (Å²) in [7, 11) is 0. The Labute approximate surface area is 202 Å². The molecule has 0 atom stereocenters. The molecule has 170 valence electrons. The number of carbonyl (C=O) groups is 2. The summed E-state index contributed by atoms with van der Waals surface area (Å²) in [5.74, 6) is -0.891. The Hall–Kier alpha value is -2.63. The molecule has 3 aromatic rings. The molecule has 6 rings (SSSR count). The highest BCUT2D eigenvalue weighted by Crippen LogP contribution is 2.52. The van der Waals surface area contributed by atoms with Gasteiger partial charge >= 0.3 is 5.97 Å². The van der Waals surface area contributed by atoms with Crippen LogP contribution in [0.4, 0.5) is 0 Å². The van der Waals surface area contributed by atoms with Crippen LogP contribution in [0.15, 0.2) is 42.5 Å². The third-order valence-corrected chi connectivity index (χ3v) is 8.35. The molecule has 0 radical (unpaired) electrons.